The van der Waals surface area contributed by atoms with E-state index in [0.29, 0.717) is 6.04 Å². The smallest absolute Gasteiger partial charge is 0.0628 e. The van der Waals surface area contributed by atoms with Gasteiger partial charge in [-0.25, -0.2) is 0 Å². The Morgan fingerprint density at radius 2 is 2.10 bits per heavy atom. The number of likely N-dealkylation sites (N-methyl/N-ethyl adjacent to an activating group) is 2. The molecule has 5 heteroatoms. The number of hydrogen-bond acceptors (Lipinski definition) is 4. The molecule has 112 valence electrons. The summed E-state index contributed by atoms with van der Waals surface area (Å²) < 4.78 is 0. The van der Waals surface area contributed by atoms with Crippen LogP contribution in [-0.2, 0) is 0 Å². The number of nitrogens with zero attached hydrogens (tertiary/aromatic N) is 2. The summed E-state index contributed by atoms with van der Waals surface area (Å²) in [5, 5.41) is 0.798. The molecule has 1 heterocycles. The lowest BCUT2D eigenvalue weighted by Crippen LogP contribution is -2.48. The van der Waals surface area contributed by atoms with Crippen LogP contribution in [-0.4, -0.2) is 49.6 Å². The minimum atomic E-state index is 0.0821. The van der Waals surface area contributed by atoms with E-state index in [9.17, 15) is 0 Å². The fourth-order valence-corrected chi connectivity index (χ4v) is 3.09. The van der Waals surface area contributed by atoms with Crippen LogP contribution in [0, 0.1) is 6.92 Å². The molecule has 3 N–H and O–H groups in total. The van der Waals surface area contributed by atoms with Crippen molar-refractivity contribution in [3.8, 4) is 0 Å². The number of benzene rings is 1. The third-order valence-electron chi connectivity index (χ3n) is 4.23. The van der Waals surface area contributed by atoms with Crippen LogP contribution in [0.1, 0.15) is 23.6 Å². The first-order valence-electron chi connectivity index (χ1n) is 7.14. The van der Waals surface area contributed by atoms with E-state index in [0.717, 1.165) is 35.8 Å². The second-order valence-corrected chi connectivity index (χ2v) is 6.22. The van der Waals surface area contributed by atoms with Crippen LogP contribution >= 0.6 is 11.6 Å². The predicted molar refractivity (Wildman–Crippen MR) is 84.8 cm³/mol. The van der Waals surface area contributed by atoms with E-state index < -0.39 is 0 Å². The number of hydrazine groups is 1. The van der Waals surface area contributed by atoms with Gasteiger partial charge in [0, 0.05) is 17.6 Å². The largest absolute Gasteiger partial charge is 0.305 e. The second kappa shape index (κ2) is 6.87. The molecule has 0 aromatic heterocycles. The van der Waals surface area contributed by atoms with Crippen molar-refractivity contribution in [3.05, 3.63) is 34.3 Å². The van der Waals surface area contributed by atoms with E-state index in [-0.39, 0.29) is 6.04 Å². The van der Waals surface area contributed by atoms with E-state index in [2.05, 4.69) is 41.5 Å². The van der Waals surface area contributed by atoms with Crippen molar-refractivity contribution in [3.63, 3.8) is 0 Å². The molecule has 0 saturated carbocycles. The van der Waals surface area contributed by atoms with Crippen molar-refractivity contribution in [2.24, 2.45) is 5.84 Å². The molecular formula is C15H25ClN4. The molecule has 1 saturated heterocycles. The standard InChI is InChI=1S/C15H25ClN4/c1-11-5-6-12(9-13(11)16)15(18-17)14-10-19(2)7-4-8-20(14)3/h5-6,9,14-15,18H,4,7-8,10,17H2,1-3H3. The lowest BCUT2D eigenvalue weighted by Gasteiger charge is -2.34. The predicted octanol–water partition coefficient (Wildman–Crippen LogP) is 1.79. The number of hydrogen-bond donors (Lipinski definition) is 2. The molecule has 1 aromatic carbocycles. The van der Waals surface area contributed by atoms with Crippen LogP contribution in [0.25, 0.3) is 0 Å². The van der Waals surface area contributed by atoms with E-state index in [1.54, 1.807) is 0 Å². The molecule has 0 amide bonds. The van der Waals surface area contributed by atoms with Gasteiger partial charge in [0.15, 0.2) is 0 Å². The quantitative estimate of drug-likeness (QED) is 0.659. The number of rotatable bonds is 3. The van der Waals surface area contributed by atoms with Crippen molar-refractivity contribution in [1.29, 1.82) is 0 Å². The highest BCUT2D eigenvalue weighted by Gasteiger charge is 2.29. The fourth-order valence-electron chi connectivity index (χ4n) is 2.90. The van der Waals surface area contributed by atoms with Gasteiger partial charge in [0.1, 0.15) is 0 Å². The van der Waals surface area contributed by atoms with Crippen LogP contribution in [0.3, 0.4) is 0 Å². The molecule has 2 unspecified atom stereocenters. The van der Waals surface area contributed by atoms with Crippen molar-refractivity contribution >= 4 is 11.6 Å². The summed E-state index contributed by atoms with van der Waals surface area (Å²) in [4.78, 5) is 4.76. The molecule has 20 heavy (non-hydrogen) atoms. The van der Waals surface area contributed by atoms with Gasteiger partial charge in [0.25, 0.3) is 0 Å². The highest BCUT2D eigenvalue weighted by Crippen LogP contribution is 2.26. The molecule has 1 fully saturated rings. The summed E-state index contributed by atoms with van der Waals surface area (Å²) in [5.74, 6) is 5.84. The summed E-state index contributed by atoms with van der Waals surface area (Å²) in [5.41, 5.74) is 5.23. The molecule has 1 aliphatic rings. The zero-order valence-electron chi connectivity index (χ0n) is 12.6. The topological polar surface area (TPSA) is 44.5 Å². The Kier molecular flexibility index (Phi) is 5.41. The summed E-state index contributed by atoms with van der Waals surface area (Å²) in [7, 11) is 4.34. The molecule has 0 radical (unpaired) electrons. The minimum Gasteiger partial charge on any atom is -0.305 e. The molecule has 0 bridgehead atoms. The number of halogens is 1. The Morgan fingerprint density at radius 3 is 2.75 bits per heavy atom. The Labute approximate surface area is 126 Å². The maximum Gasteiger partial charge on any atom is 0.0628 e. The third-order valence-corrected chi connectivity index (χ3v) is 4.64. The summed E-state index contributed by atoms with van der Waals surface area (Å²) in [6, 6.07) is 6.62. The normalized spacial score (nSPS) is 23.6. The van der Waals surface area contributed by atoms with E-state index in [1.165, 1.54) is 6.42 Å². The maximum absolute atomic E-state index is 6.26. The van der Waals surface area contributed by atoms with Crippen LogP contribution in [0.5, 0.6) is 0 Å². The average Bonchev–Trinajstić information content (AvgIpc) is 2.57. The fraction of sp³-hybridized carbons (Fsp3) is 0.600. The lowest BCUT2D eigenvalue weighted by atomic mass is 9.97. The second-order valence-electron chi connectivity index (χ2n) is 5.82. The highest BCUT2D eigenvalue weighted by molar-refractivity contribution is 6.31. The molecule has 0 aliphatic carbocycles. The van der Waals surface area contributed by atoms with Gasteiger partial charge in [-0.3, -0.25) is 11.3 Å². The zero-order valence-corrected chi connectivity index (χ0v) is 13.3. The van der Waals surface area contributed by atoms with Crippen molar-refractivity contribution in [1.82, 2.24) is 15.2 Å². The van der Waals surface area contributed by atoms with Gasteiger partial charge in [-0.2, -0.15) is 0 Å². The monoisotopic (exact) mass is 296 g/mol. The maximum atomic E-state index is 6.26. The van der Waals surface area contributed by atoms with Crippen LogP contribution in [0.4, 0.5) is 0 Å². The lowest BCUT2D eigenvalue weighted by molar-refractivity contribution is 0.178. The average molecular weight is 297 g/mol. The number of aryl methyl sites for hydroxylation is 1. The van der Waals surface area contributed by atoms with Crippen molar-refractivity contribution in [2.75, 3.05) is 33.7 Å². The number of nitrogens with two attached hydrogens (primary N) is 1. The minimum absolute atomic E-state index is 0.0821. The van der Waals surface area contributed by atoms with Crippen LogP contribution < -0.4 is 11.3 Å². The highest BCUT2D eigenvalue weighted by atomic mass is 35.5. The van der Waals surface area contributed by atoms with Gasteiger partial charge in [-0.05, 0) is 57.7 Å². The van der Waals surface area contributed by atoms with Gasteiger partial charge >= 0.3 is 0 Å². The molecule has 1 aliphatic heterocycles. The Hall–Kier alpha value is -0.650. The Bertz CT molecular complexity index is 451. The Morgan fingerprint density at radius 1 is 1.35 bits per heavy atom. The summed E-state index contributed by atoms with van der Waals surface area (Å²) in [6.07, 6.45) is 1.19. The van der Waals surface area contributed by atoms with Crippen LogP contribution in [0.2, 0.25) is 5.02 Å². The molecule has 4 nitrogen and oxygen atoms in total. The van der Waals surface area contributed by atoms with Gasteiger partial charge < -0.3 is 9.80 Å². The van der Waals surface area contributed by atoms with Gasteiger partial charge in [-0.15, -0.1) is 0 Å². The van der Waals surface area contributed by atoms with Gasteiger partial charge in [0.05, 0.1) is 6.04 Å². The van der Waals surface area contributed by atoms with Gasteiger partial charge in [0.2, 0.25) is 0 Å². The van der Waals surface area contributed by atoms with Crippen molar-refractivity contribution in [2.45, 2.75) is 25.4 Å². The SMILES string of the molecule is Cc1ccc(C(NN)C2CN(C)CCCN2C)cc1Cl. The molecule has 2 rings (SSSR count). The third kappa shape index (κ3) is 3.51. The zero-order chi connectivity index (χ0) is 14.7. The first kappa shape index (κ1) is 15.7. The molecule has 1 aromatic rings. The van der Waals surface area contributed by atoms with E-state index >= 15 is 0 Å². The first-order chi connectivity index (χ1) is 9.52. The molecule has 2 atom stereocenters. The van der Waals surface area contributed by atoms with E-state index in [1.807, 2.05) is 13.0 Å². The molecule has 0 spiro atoms. The van der Waals surface area contributed by atoms with Crippen molar-refractivity contribution < 1.29 is 0 Å². The van der Waals surface area contributed by atoms with Gasteiger partial charge in [-0.1, -0.05) is 23.7 Å². The van der Waals surface area contributed by atoms with Crippen LogP contribution in [0.15, 0.2) is 18.2 Å². The summed E-state index contributed by atoms with van der Waals surface area (Å²) >= 11 is 6.26. The molecular weight excluding hydrogens is 272 g/mol. The first-order valence-corrected chi connectivity index (χ1v) is 7.51. The van der Waals surface area contributed by atoms with E-state index in [4.69, 9.17) is 17.4 Å². The Balaban J connectivity index is 2.27. The summed E-state index contributed by atoms with van der Waals surface area (Å²) in [6.45, 7) is 5.24. The number of nitrogens with one attached hydrogen (secondary N) is 1.